The number of hydrogen-bond donors (Lipinski definition) is 1. The van der Waals surface area contributed by atoms with E-state index in [9.17, 15) is 4.79 Å². The first-order valence-electron chi connectivity index (χ1n) is 8.22. The molecule has 0 aliphatic rings. The summed E-state index contributed by atoms with van der Waals surface area (Å²) in [5.41, 5.74) is 3.84. The second-order valence-electron chi connectivity index (χ2n) is 7.18. The highest BCUT2D eigenvalue weighted by Gasteiger charge is 2.13. The first-order valence-corrected chi connectivity index (χ1v) is 8.22. The van der Waals surface area contributed by atoms with Crippen LogP contribution in [0.15, 0.2) is 57.7 Å². The largest absolute Gasteiger partial charge is 0.440 e. The summed E-state index contributed by atoms with van der Waals surface area (Å²) in [5, 5.41) is 3.87. The summed E-state index contributed by atoms with van der Waals surface area (Å²) in [5.74, 6) is 0.540. The van der Waals surface area contributed by atoms with Crippen LogP contribution in [0.2, 0.25) is 0 Å². The van der Waals surface area contributed by atoms with Crippen LogP contribution in [-0.2, 0) is 12.0 Å². The van der Waals surface area contributed by atoms with Crippen molar-refractivity contribution in [1.82, 2.24) is 0 Å². The second-order valence-corrected chi connectivity index (χ2v) is 7.18. The highest BCUT2D eigenvalue weighted by Crippen LogP contribution is 2.23. The lowest BCUT2D eigenvalue weighted by Gasteiger charge is -2.19. The average Bonchev–Trinajstić information content (AvgIpc) is 2.56. The Morgan fingerprint density at radius 2 is 1.67 bits per heavy atom. The molecule has 3 heteroatoms. The van der Waals surface area contributed by atoms with Crippen molar-refractivity contribution in [3.05, 3.63) is 75.4 Å². The van der Waals surface area contributed by atoms with Crippen molar-refractivity contribution in [1.29, 1.82) is 0 Å². The van der Waals surface area contributed by atoms with Gasteiger partial charge in [-0.25, -0.2) is 0 Å². The van der Waals surface area contributed by atoms with Crippen molar-refractivity contribution in [2.24, 2.45) is 0 Å². The molecule has 0 fully saturated rings. The molecular formula is C21H23NO2. The lowest BCUT2D eigenvalue weighted by molar-refractivity contribution is 0.589. The topological polar surface area (TPSA) is 42.2 Å². The third-order valence-electron chi connectivity index (χ3n) is 4.30. The summed E-state index contributed by atoms with van der Waals surface area (Å²) in [4.78, 5) is 12.4. The van der Waals surface area contributed by atoms with Gasteiger partial charge in [0.05, 0.1) is 10.9 Å². The van der Waals surface area contributed by atoms with Crippen molar-refractivity contribution in [3.63, 3.8) is 0 Å². The van der Waals surface area contributed by atoms with Crippen molar-refractivity contribution in [2.75, 3.05) is 5.32 Å². The van der Waals surface area contributed by atoms with Crippen LogP contribution in [0.25, 0.3) is 11.0 Å². The minimum atomic E-state index is 0.0161. The standard InChI is InChI=1S/C21H23NO2/c1-14-19(23)17-7-5-6-8-18(17)24-20(14)22-13-15-9-11-16(12-10-15)21(2,3)4/h5-12,22H,13H2,1-4H3. The summed E-state index contributed by atoms with van der Waals surface area (Å²) >= 11 is 0. The number of fused-ring (bicyclic) bond motifs is 1. The van der Waals surface area contributed by atoms with Crippen molar-refractivity contribution < 1.29 is 4.42 Å². The van der Waals surface area contributed by atoms with Gasteiger partial charge in [0.25, 0.3) is 0 Å². The Hall–Kier alpha value is -2.55. The molecule has 1 aromatic heterocycles. The second kappa shape index (κ2) is 6.16. The zero-order valence-electron chi connectivity index (χ0n) is 14.6. The predicted octanol–water partition coefficient (Wildman–Crippen LogP) is 5.01. The van der Waals surface area contributed by atoms with E-state index in [0.717, 1.165) is 5.56 Å². The van der Waals surface area contributed by atoms with Gasteiger partial charge in [0, 0.05) is 6.54 Å². The molecule has 0 amide bonds. The minimum Gasteiger partial charge on any atom is -0.440 e. The molecular weight excluding hydrogens is 298 g/mol. The van der Waals surface area contributed by atoms with Gasteiger partial charge >= 0.3 is 0 Å². The molecule has 0 aliphatic heterocycles. The number of anilines is 1. The van der Waals surface area contributed by atoms with Crippen LogP contribution < -0.4 is 10.7 Å². The molecule has 2 aromatic carbocycles. The fourth-order valence-electron chi connectivity index (χ4n) is 2.71. The van der Waals surface area contributed by atoms with Crippen LogP contribution in [-0.4, -0.2) is 0 Å². The van der Waals surface area contributed by atoms with E-state index in [1.54, 1.807) is 13.0 Å². The van der Waals surface area contributed by atoms with E-state index in [0.29, 0.717) is 29.0 Å². The molecule has 0 radical (unpaired) electrons. The van der Waals surface area contributed by atoms with Crippen molar-refractivity contribution in [3.8, 4) is 0 Å². The molecule has 3 nitrogen and oxygen atoms in total. The van der Waals surface area contributed by atoms with Gasteiger partial charge in [-0.15, -0.1) is 0 Å². The summed E-state index contributed by atoms with van der Waals surface area (Å²) in [6, 6.07) is 15.9. The van der Waals surface area contributed by atoms with Crippen LogP contribution in [0, 0.1) is 6.92 Å². The highest BCUT2D eigenvalue weighted by atomic mass is 16.3. The lowest BCUT2D eigenvalue weighted by atomic mass is 9.87. The number of hydrogen-bond acceptors (Lipinski definition) is 3. The molecule has 124 valence electrons. The van der Waals surface area contributed by atoms with Crippen molar-refractivity contribution in [2.45, 2.75) is 39.7 Å². The smallest absolute Gasteiger partial charge is 0.200 e. The molecule has 24 heavy (non-hydrogen) atoms. The van der Waals surface area contributed by atoms with E-state index < -0.39 is 0 Å². The Morgan fingerprint density at radius 3 is 2.33 bits per heavy atom. The molecule has 3 aromatic rings. The van der Waals surface area contributed by atoms with E-state index in [1.165, 1.54) is 5.56 Å². The first-order chi connectivity index (χ1) is 11.4. The Morgan fingerprint density at radius 1 is 1.00 bits per heavy atom. The maximum absolute atomic E-state index is 12.4. The lowest BCUT2D eigenvalue weighted by Crippen LogP contribution is -2.12. The molecule has 0 bridgehead atoms. The number of nitrogens with one attached hydrogen (secondary N) is 1. The molecule has 0 saturated heterocycles. The van der Waals surface area contributed by atoms with Gasteiger partial charge in [-0.3, -0.25) is 4.79 Å². The monoisotopic (exact) mass is 321 g/mol. The van der Waals surface area contributed by atoms with E-state index >= 15 is 0 Å². The number of rotatable bonds is 3. The van der Waals surface area contributed by atoms with E-state index in [4.69, 9.17) is 4.42 Å². The zero-order chi connectivity index (χ0) is 17.3. The van der Waals surface area contributed by atoms with E-state index in [-0.39, 0.29) is 10.8 Å². The van der Waals surface area contributed by atoms with Crippen molar-refractivity contribution >= 4 is 16.9 Å². The Kier molecular flexibility index (Phi) is 4.18. The van der Waals surface area contributed by atoms with E-state index in [2.05, 4.69) is 50.4 Å². The van der Waals surface area contributed by atoms with Crippen LogP contribution in [0.3, 0.4) is 0 Å². The minimum absolute atomic E-state index is 0.0161. The summed E-state index contributed by atoms with van der Waals surface area (Å²) in [7, 11) is 0. The highest BCUT2D eigenvalue weighted by molar-refractivity contribution is 5.78. The normalized spacial score (nSPS) is 11.7. The molecule has 0 atom stereocenters. The SMILES string of the molecule is Cc1c(NCc2ccc(C(C)(C)C)cc2)oc2ccccc2c1=O. The molecule has 0 spiro atoms. The summed E-state index contributed by atoms with van der Waals surface area (Å²) in [6.45, 7) is 9.02. The molecule has 0 unspecified atom stereocenters. The maximum atomic E-state index is 12.4. The quantitative estimate of drug-likeness (QED) is 0.737. The Balaban J connectivity index is 1.83. The Labute approximate surface area is 142 Å². The van der Waals surface area contributed by atoms with Gasteiger partial charge in [0.15, 0.2) is 5.43 Å². The zero-order valence-corrected chi connectivity index (χ0v) is 14.6. The first kappa shape index (κ1) is 16.3. The van der Waals surface area contributed by atoms with Gasteiger partial charge in [-0.1, -0.05) is 57.2 Å². The third kappa shape index (κ3) is 3.21. The van der Waals surface area contributed by atoms with Gasteiger partial charge in [-0.2, -0.15) is 0 Å². The fourth-order valence-corrected chi connectivity index (χ4v) is 2.71. The van der Waals surface area contributed by atoms with Gasteiger partial charge in [-0.05, 0) is 35.6 Å². The van der Waals surface area contributed by atoms with Gasteiger partial charge < -0.3 is 9.73 Å². The molecule has 0 saturated carbocycles. The van der Waals surface area contributed by atoms with Crippen LogP contribution in [0.4, 0.5) is 5.88 Å². The predicted molar refractivity (Wildman–Crippen MR) is 99.7 cm³/mol. The van der Waals surface area contributed by atoms with Gasteiger partial charge in [0.1, 0.15) is 5.58 Å². The van der Waals surface area contributed by atoms with Gasteiger partial charge in [0.2, 0.25) is 5.88 Å². The number of benzene rings is 2. The molecule has 3 rings (SSSR count). The molecule has 1 N–H and O–H groups in total. The molecule has 1 heterocycles. The Bertz CT molecular complexity index is 915. The average molecular weight is 321 g/mol. The third-order valence-corrected chi connectivity index (χ3v) is 4.30. The van der Waals surface area contributed by atoms with Crippen LogP contribution in [0.1, 0.15) is 37.5 Å². The van der Waals surface area contributed by atoms with E-state index in [1.807, 2.05) is 18.2 Å². The maximum Gasteiger partial charge on any atom is 0.200 e. The molecule has 0 aliphatic carbocycles. The van der Waals surface area contributed by atoms with Crippen LogP contribution in [0.5, 0.6) is 0 Å². The summed E-state index contributed by atoms with van der Waals surface area (Å²) < 4.78 is 5.86. The van der Waals surface area contributed by atoms with Crippen LogP contribution >= 0.6 is 0 Å². The number of para-hydroxylation sites is 1. The fraction of sp³-hybridized carbons (Fsp3) is 0.286. The summed E-state index contributed by atoms with van der Waals surface area (Å²) in [6.07, 6.45) is 0.